The highest BCUT2D eigenvalue weighted by Gasteiger charge is 2.47. The van der Waals surface area contributed by atoms with Gasteiger partial charge in [-0.3, -0.25) is 9.78 Å². The van der Waals surface area contributed by atoms with Gasteiger partial charge in [-0.2, -0.15) is 13.2 Å². The van der Waals surface area contributed by atoms with Crippen LogP contribution in [-0.4, -0.2) is 23.1 Å². The molecule has 8 heteroatoms. The van der Waals surface area contributed by atoms with Crippen LogP contribution < -0.4 is 10.6 Å². The summed E-state index contributed by atoms with van der Waals surface area (Å²) in [7, 11) is 0. The Morgan fingerprint density at radius 3 is 2.69 bits per heavy atom. The van der Waals surface area contributed by atoms with Crippen LogP contribution in [0.2, 0.25) is 0 Å². The molecule has 16 heavy (non-hydrogen) atoms. The molecule has 1 unspecified atom stereocenters. The molecule has 86 valence electrons. The Kier molecular flexibility index (Phi) is 2.53. The number of halogens is 4. The number of rotatable bonds is 0. The number of carbonyl (C=O) groups is 1. The first-order chi connectivity index (χ1) is 7.39. The number of aromatic nitrogens is 1. The van der Waals surface area contributed by atoms with E-state index in [9.17, 15) is 18.0 Å². The molecular formula is C8H5BrF3N3O. The van der Waals surface area contributed by atoms with Crippen molar-refractivity contribution in [1.82, 2.24) is 4.98 Å². The van der Waals surface area contributed by atoms with Gasteiger partial charge in [0.1, 0.15) is 0 Å². The van der Waals surface area contributed by atoms with Crippen LogP contribution in [0, 0.1) is 0 Å². The quantitative estimate of drug-likeness (QED) is 0.771. The Morgan fingerprint density at radius 2 is 2.06 bits per heavy atom. The van der Waals surface area contributed by atoms with E-state index in [1.807, 2.05) is 0 Å². The molecule has 2 rings (SSSR count). The molecule has 0 aromatic carbocycles. The van der Waals surface area contributed by atoms with E-state index in [1.54, 1.807) is 0 Å². The van der Waals surface area contributed by atoms with E-state index in [4.69, 9.17) is 0 Å². The average Bonchev–Trinajstić information content (AvgIpc) is 2.15. The highest BCUT2D eigenvalue weighted by atomic mass is 79.9. The molecule has 0 saturated carbocycles. The molecule has 1 aliphatic heterocycles. The summed E-state index contributed by atoms with van der Waals surface area (Å²) in [5.41, 5.74) is 0.400. The lowest BCUT2D eigenvalue weighted by molar-refractivity contribution is -0.156. The molecular weight excluding hydrogens is 291 g/mol. The minimum atomic E-state index is -4.63. The van der Waals surface area contributed by atoms with E-state index in [0.717, 1.165) is 0 Å². The Balaban J connectivity index is 2.41. The predicted octanol–water partition coefficient (Wildman–Crippen LogP) is 2.14. The molecule has 1 aromatic heterocycles. The minimum absolute atomic E-state index is 0.178. The van der Waals surface area contributed by atoms with Crippen molar-refractivity contribution in [2.24, 2.45) is 0 Å². The number of amides is 1. The SMILES string of the molecule is O=C1Nc2cncc(Br)c2NC1C(F)(F)F. The zero-order valence-electron chi connectivity index (χ0n) is 7.60. The van der Waals surface area contributed by atoms with Crippen molar-refractivity contribution in [3.8, 4) is 0 Å². The number of nitrogens with one attached hydrogen (secondary N) is 2. The number of pyridine rings is 1. The third-order valence-corrected chi connectivity index (χ3v) is 2.64. The van der Waals surface area contributed by atoms with Crippen LogP contribution in [0.5, 0.6) is 0 Å². The number of hydrogen-bond donors (Lipinski definition) is 2. The van der Waals surface area contributed by atoms with Crippen LogP contribution in [0.1, 0.15) is 0 Å². The summed E-state index contributed by atoms with van der Waals surface area (Å²) < 4.78 is 37.7. The Hall–Kier alpha value is -1.31. The Bertz CT molecular complexity index is 449. The fourth-order valence-electron chi connectivity index (χ4n) is 1.32. The zero-order chi connectivity index (χ0) is 11.9. The van der Waals surface area contributed by atoms with Crippen LogP contribution in [-0.2, 0) is 4.79 Å². The maximum Gasteiger partial charge on any atom is 0.417 e. The van der Waals surface area contributed by atoms with E-state index in [1.165, 1.54) is 12.4 Å². The number of anilines is 2. The normalized spacial score (nSPS) is 19.8. The highest BCUT2D eigenvalue weighted by molar-refractivity contribution is 9.10. The second kappa shape index (κ2) is 3.62. The summed E-state index contributed by atoms with van der Waals surface area (Å²) in [6.45, 7) is 0. The molecule has 1 amide bonds. The van der Waals surface area contributed by atoms with Crippen molar-refractivity contribution in [2.45, 2.75) is 12.2 Å². The van der Waals surface area contributed by atoms with Gasteiger partial charge in [0.05, 0.1) is 22.0 Å². The lowest BCUT2D eigenvalue weighted by Crippen LogP contribution is -2.49. The Labute approximate surface area is 96.4 Å². The van der Waals surface area contributed by atoms with Crippen LogP contribution in [0.15, 0.2) is 16.9 Å². The molecule has 0 spiro atoms. The van der Waals surface area contributed by atoms with Crippen molar-refractivity contribution in [3.05, 3.63) is 16.9 Å². The van der Waals surface area contributed by atoms with Gasteiger partial charge >= 0.3 is 6.18 Å². The number of fused-ring (bicyclic) bond motifs is 1. The van der Waals surface area contributed by atoms with E-state index in [-0.39, 0.29) is 11.4 Å². The number of carbonyl (C=O) groups excluding carboxylic acids is 1. The lowest BCUT2D eigenvalue weighted by Gasteiger charge is -2.28. The van der Waals surface area contributed by atoms with Gasteiger partial charge in [-0.15, -0.1) is 0 Å². The number of nitrogens with zero attached hydrogens (tertiary/aromatic N) is 1. The molecule has 0 bridgehead atoms. The average molecular weight is 296 g/mol. The van der Waals surface area contributed by atoms with E-state index in [2.05, 4.69) is 31.5 Å². The van der Waals surface area contributed by atoms with E-state index in [0.29, 0.717) is 4.47 Å². The van der Waals surface area contributed by atoms with Crippen LogP contribution in [0.4, 0.5) is 24.5 Å². The smallest absolute Gasteiger partial charge is 0.364 e. The van der Waals surface area contributed by atoms with Gasteiger partial charge in [0.2, 0.25) is 6.04 Å². The van der Waals surface area contributed by atoms with Crippen molar-refractivity contribution < 1.29 is 18.0 Å². The molecule has 2 heterocycles. The molecule has 1 atom stereocenters. The van der Waals surface area contributed by atoms with Gasteiger partial charge < -0.3 is 10.6 Å². The first-order valence-corrected chi connectivity index (χ1v) is 4.96. The van der Waals surface area contributed by atoms with Crippen molar-refractivity contribution in [3.63, 3.8) is 0 Å². The molecule has 1 aromatic rings. The summed E-state index contributed by atoms with van der Waals surface area (Å²) in [6, 6.07) is -2.24. The first-order valence-electron chi connectivity index (χ1n) is 4.17. The lowest BCUT2D eigenvalue weighted by atomic mass is 10.1. The molecule has 1 aliphatic rings. The third-order valence-electron chi connectivity index (χ3n) is 2.04. The molecule has 2 N–H and O–H groups in total. The standard InChI is InChI=1S/C8H5BrF3N3O/c9-3-1-13-2-4-5(3)15-6(7(16)14-4)8(10,11)12/h1-2,6,15H,(H,14,16). The first kappa shape index (κ1) is 11.2. The van der Waals surface area contributed by atoms with Gasteiger partial charge in [-0.25, -0.2) is 0 Å². The zero-order valence-corrected chi connectivity index (χ0v) is 9.19. The van der Waals surface area contributed by atoms with Gasteiger partial charge in [-0.05, 0) is 15.9 Å². The fraction of sp³-hybridized carbons (Fsp3) is 0.250. The summed E-state index contributed by atoms with van der Waals surface area (Å²) in [6.07, 6.45) is -2.02. The van der Waals surface area contributed by atoms with E-state index >= 15 is 0 Å². The maximum absolute atomic E-state index is 12.5. The summed E-state index contributed by atoms with van der Waals surface area (Å²) in [5.74, 6) is -1.14. The second-order valence-electron chi connectivity index (χ2n) is 3.15. The summed E-state index contributed by atoms with van der Waals surface area (Å²) >= 11 is 3.05. The molecule has 0 aliphatic carbocycles. The monoisotopic (exact) mass is 295 g/mol. The summed E-state index contributed by atoms with van der Waals surface area (Å²) in [4.78, 5) is 14.9. The van der Waals surface area contributed by atoms with Crippen LogP contribution >= 0.6 is 15.9 Å². The maximum atomic E-state index is 12.5. The Morgan fingerprint density at radius 1 is 1.38 bits per heavy atom. The van der Waals surface area contributed by atoms with Gasteiger partial charge in [-0.1, -0.05) is 0 Å². The van der Waals surface area contributed by atoms with Crippen molar-refractivity contribution in [1.29, 1.82) is 0 Å². The number of hydrogen-bond acceptors (Lipinski definition) is 3. The topological polar surface area (TPSA) is 54.0 Å². The summed E-state index contributed by atoms with van der Waals surface area (Å²) in [5, 5.41) is 4.27. The van der Waals surface area contributed by atoms with Crippen molar-refractivity contribution >= 4 is 33.2 Å². The van der Waals surface area contributed by atoms with Crippen molar-refractivity contribution in [2.75, 3.05) is 10.6 Å². The van der Waals surface area contributed by atoms with Crippen LogP contribution in [0.25, 0.3) is 0 Å². The van der Waals surface area contributed by atoms with Crippen LogP contribution in [0.3, 0.4) is 0 Å². The fourth-order valence-corrected chi connectivity index (χ4v) is 1.77. The second-order valence-corrected chi connectivity index (χ2v) is 4.01. The van der Waals surface area contributed by atoms with Gasteiger partial charge in [0.15, 0.2) is 0 Å². The van der Waals surface area contributed by atoms with Gasteiger partial charge in [0.25, 0.3) is 5.91 Å². The number of alkyl halides is 3. The third kappa shape index (κ3) is 1.84. The molecule has 0 fully saturated rings. The van der Waals surface area contributed by atoms with E-state index < -0.39 is 18.1 Å². The molecule has 0 radical (unpaired) electrons. The predicted molar refractivity (Wildman–Crippen MR) is 54.0 cm³/mol. The highest BCUT2D eigenvalue weighted by Crippen LogP contribution is 2.36. The molecule has 4 nitrogen and oxygen atoms in total. The largest absolute Gasteiger partial charge is 0.417 e. The van der Waals surface area contributed by atoms with Gasteiger partial charge in [0, 0.05) is 6.20 Å². The molecule has 0 saturated heterocycles. The minimum Gasteiger partial charge on any atom is -0.364 e.